The van der Waals surface area contributed by atoms with Crippen LogP contribution in [0.15, 0.2) is 18.2 Å². The molecule has 2 rings (SSSR count). The molecule has 1 fully saturated rings. The summed E-state index contributed by atoms with van der Waals surface area (Å²) in [6.07, 6.45) is 4.31. The maximum absolute atomic E-state index is 13.0. The summed E-state index contributed by atoms with van der Waals surface area (Å²) < 4.78 is 13.0. The molecule has 19 heavy (non-hydrogen) atoms. The number of anilines is 1. The predicted molar refractivity (Wildman–Crippen MR) is 74.8 cm³/mol. The van der Waals surface area contributed by atoms with E-state index in [-0.39, 0.29) is 11.8 Å². The number of nitrogens with zero attached hydrogens (tertiary/aromatic N) is 1. The van der Waals surface area contributed by atoms with E-state index in [9.17, 15) is 9.18 Å². The van der Waals surface area contributed by atoms with E-state index >= 15 is 0 Å². The molecule has 4 heteroatoms. The average Bonchev–Trinajstić information content (AvgIpc) is 2.41. The Labute approximate surface area is 113 Å². The van der Waals surface area contributed by atoms with Crippen molar-refractivity contribution in [2.75, 3.05) is 11.9 Å². The SMILES string of the molecule is CC[C@@H]1CCCCN1C(=O)Nc1ccc(F)cc1C. The smallest absolute Gasteiger partial charge is 0.322 e. The zero-order valence-electron chi connectivity index (χ0n) is 11.6. The minimum atomic E-state index is -0.278. The predicted octanol–water partition coefficient (Wildman–Crippen LogP) is 3.93. The summed E-state index contributed by atoms with van der Waals surface area (Å²) in [5.41, 5.74) is 1.44. The second kappa shape index (κ2) is 6.04. The van der Waals surface area contributed by atoms with Crippen LogP contribution in [0.5, 0.6) is 0 Å². The first-order valence-corrected chi connectivity index (χ1v) is 6.95. The first kappa shape index (κ1) is 13.8. The van der Waals surface area contributed by atoms with Gasteiger partial charge in [-0.2, -0.15) is 0 Å². The van der Waals surface area contributed by atoms with Crippen LogP contribution >= 0.6 is 0 Å². The van der Waals surface area contributed by atoms with Crippen molar-refractivity contribution in [3.63, 3.8) is 0 Å². The highest BCUT2D eigenvalue weighted by Crippen LogP contribution is 2.22. The quantitative estimate of drug-likeness (QED) is 0.862. The monoisotopic (exact) mass is 264 g/mol. The van der Waals surface area contributed by atoms with Gasteiger partial charge >= 0.3 is 6.03 Å². The fraction of sp³-hybridized carbons (Fsp3) is 0.533. The molecule has 0 unspecified atom stereocenters. The van der Waals surface area contributed by atoms with Crippen molar-refractivity contribution in [2.24, 2.45) is 0 Å². The van der Waals surface area contributed by atoms with E-state index in [1.54, 1.807) is 13.0 Å². The number of piperidine rings is 1. The number of aryl methyl sites for hydroxylation is 1. The molecule has 104 valence electrons. The number of carbonyl (C=O) groups excluding carboxylic acids is 1. The summed E-state index contributed by atoms with van der Waals surface area (Å²) in [4.78, 5) is 14.2. The zero-order chi connectivity index (χ0) is 13.8. The fourth-order valence-electron chi connectivity index (χ4n) is 2.65. The lowest BCUT2D eigenvalue weighted by Gasteiger charge is -2.35. The number of halogens is 1. The summed E-state index contributed by atoms with van der Waals surface area (Å²) in [7, 11) is 0. The van der Waals surface area contributed by atoms with E-state index < -0.39 is 0 Å². The number of benzene rings is 1. The maximum atomic E-state index is 13.0. The van der Waals surface area contributed by atoms with Crippen LogP contribution in [0.1, 0.15) is 38.2 Å². The second-order valence-corrected chi connectivity index (χ2v) is 5.14. The van der Waals surface area contributed by atoms with Gasteiger partial charge in [0.2, 0.25) is 0 Å². The van der Waals surface area contributed by atoms with Crippen LogP contribution in [0.2, 0.25) is 0 Å². The fourth-order valence-corrected chi connectivity index (χ4v) is 2.65. The highest BCUT2D eigenvalue weighted by atomic mass is 19.1. The lowest BCUT2D eigenvalue weighted by Crippen LogP contribution is -2.45. The third-order valence-electron chi connectivity index (χ3n) is 3.79. The molecule has 3 nitrogen and oxygen atoms in total. The average molecular weight is 264 g/mol. The first-order valence-electron chi connectivity index (χ1n) is 6.95. The van der Waals surface area contributed by atoms with Crippen molar-refractivity contribution >= 4 is 11.7 Å². The molecule has 0 spiro atoms. The van der Waals surface area contributed by atoms with Gasteiger partial charge < -0.3 is 10.2 Å². The molecule has 0 radical (unpaired) electrons. The van der Waals surface area contributed by atoms with E-state index in [2.05, 4.69) is 12.2 Å². The number of hydrogen-bond acceptors (Lipinski definition) is 1. The van der Waals surface area contributed by atoms with Gasteiger partial charge in [-0.3, -0.25) is 0 Å². The summed E-state index contributed by atoms with van der Waals surface area (Å²) in [5.74, 6) is -0.278. The highest BCUT2D eigenvalue weighted by molar-refractivity contribution is 5.90. The molecule has 0 saturated carbocycles. The molecular formula is C15H21FN2O. The molecule has 0 aromatic heterocycles. The molecule has 0 bridgehead atoms. The summed E-state index contributed by atoms with van der Waals surface area (Å²) in [5, 5.41) is 2.89. The van der Waals surface area contributed by atoms with Crippen molar-refractivity contribution < 1.29 is 9.18 Å². The standard InChI is InChI=1S/C15H21FN2O/c1-3-13-6-4-5-9-18(13)15(19)17-14-8-7-12(16)10-11(14)2/h7-8,10,13H,3-6,9H2,1-2H3,(H,17,19)/t13-/m1/s1. The van der Waals surface area contributed by atoms with Gasteiger partial charge in [0, 0.05) is 18.3 Å². The van der Waals surface area contributed by atoms with Gasteiger partial charge in [-0.25, -0.2) is 9.18 Å². The van der Waals surface area contributed by atoms with Gasteiger partial charge in [-0.15, -0.1) is 0 Å². The highest BCUT2D eigenvalue weighted by Gasteiger charge is 2.25. The van der Waals surface area contributed by atoms with Crippen LogP contribution in [0.25, 0.3) is 0 Å². The second-order valence-electron chi connectivity index (χ2n) is 5.14. The molecule has 1 aromatic carbocycles. The normalized spacial score (nSPS) is 19.3. The molecular weight excluding hydrogens is 243 g/mol. The summed E-state index contributed by atoms with van der Waals surface area (Å²) >= 11 is 0. The van der Waals surface area contributed by atoms with Crippen molar-refractivity contribution in [2.45, 2.75) is 45.6 Å². The minimum absolute atomic E-state index is 0.0683. The van der Waals surface area contributed by atoms with Crippen LogP contribution in [-0.2, 0) is 0 Å². The van der Waals surface area contributed by atoms with E-state index in [1.165, 1.54) is 18.6 Å². The first-order chi connectivity index (χ1) is 9.11. The maximum Gasteiger partial charge on any atom is 0.322 e. The van der Waals surface area contributed by atoms with Gasteiger partial charge in [-0.1, -0.05) is 6.92 Å². The molecule has 1 N–H and O–H groups in total. The Balaban J connectivity index is 2.07. The van der Waals surface area contributed by atoms with Crippen molar-refractivity contribution in [1.29, 1.82) is 0 Å². The lowest BCUT2D eigenvalue weighted by atomic mass is 10.0. The molecule has 1 aromatic rings. The van der Waals surface area contributed by atoms with Gasteiger partial charge in [0.05, 0.1) is 0 Å². The Morgan fingerprint density at radius 3 is 2.95 bits per heavy atom. The number of carbonyl (C=O) groups is 1. The van der Waals surface area contributed by atoms with E-state index in [1.807, 2.05) is 4.90 Å². The van der Waals surface area contributed by atoms with Crippen LogP contribution < -0.4 is 5.32 Å². The number of nitrogens with one attached hydrogen (secondary N) is 1. The van der Waals surface area contributed by atoms with E-state index in [0.29, 0.717) is 11.7 Å². The summed E-state index contributed by atoms with van der Waals surface area (Å²) in [6.45, 7) is 4.72. The number of amides is 2. The largest absolute Gasteiger partial charge is 0.322 e. The van der Waals surface area contributed by atoms with Crippen LogP contribution in [0.3, 0.4) is 0 Å². The van der Waals surface area contributed by atoms with Crippen molar-refractivity contribution in [1.82, 2.24) is 4.90 Å². The van der Waals surface area contributed by atoms with E-state index in [4.69, 9.17) is 0 Å². The number of likely N-dealkylation sites (tertiary alicyclic amines) is 1. The molecule has 1 atom stereocenters. The zero-order valence-corrected chi connectivity index (χ0v) is 11.6. The molecule has 0 aliphatic carbocycles. The third kappa shape index (κ3) is 3.25. The Morgan fingerprint density at radius 2 is 2.26 bits per heavy atom. The topological polar surface area (TPSA) is 32.3 Å². The summed E-state index contributed by atoms with van der Waals surface area (Å²) in [6, 6.07) is 4.68. The molecule has 1 aliphatic heterocycles. The Bertz CT molecular complexity index is 461. The Kier molecular flexibility index (Phi) is 4.40. The van der Waals surface area contributed by atoms with Crippen molar-refractivity contribution in [3.05, 3.63) is 29.6 Å². The lowest BCUT2D eigenvalue weighted by molar-refractivity contribution is 0.160. The molecule has 1 aliphatic rings. The van der Waals surface area contributed by atoms with Gasteiger partial charge in [-0.05, 0) is 56.4 Å². The molecule has 1 saturated heterocycles. The van der Waals surface area contributed by atoms with Crippen LogP contribution in [0, 0.1) is 12.7 Å². The Hall–Kier alpha value is -1.58. The van der Waals surface area contributed by atoms with Crippen molar-refractivity contribution in [3.8, 4) is 0 Å². The number of rotatable bonds is 2. The van der Waals surface area contributed by atoms with E-state index in [0.717, 1.165) is 31.4 Å². The number of hydrogen-bond donors (Lipinski definition) is 1. The number of urea groups is 1. The molecule has 1 heterocycles. The third-order valence-corrected chi connectivity index (χ3v) is 3.79. The van der Waals surface area contributed by atoms with Crippen LogP contribution in [-0.4, -0.2) is 23.5 Å². The molecule has 2 amide bonds. The minimum Gasteiger partial charge on any atom is -0.322 e. The van der Waals surface area contributed by atoms with Gasteiger partial charge in [0.15, 0.2) is 0 Å². The van der Waals surface area contributed by atoms with Crippen LogP contribution in [0.4, 0.5) is 14.9 Å². The van der Waals surface area contributed by atoms with Gasteiger partial charge in [0.1, 0.15) is 5.82 Å². The Morgan fingerprint density at radius 1 is 1.47 bits per heavy atom. The van der Waals surface area contributed by atoms with Gasteiger partial charge in [0.25, 0.3) is 0 Å².